The maximum atomic E-state index is 4.55. The molecule has 0 radical (unpaired) electrons. The molecule has 0 atom stereocenters. The fraction of sp³-hybridized carbons (Fsp3) is 0.538. The first-order chi connectivity index (χ1) is 8.70. The number of aryl methyl sites for hydroxylation is 2. The lowest BCUT2D eigenvalue weighted by atomic mass is 10.2. The van der Waals surface area contributed by atoms with Crippen LogP contribution in [0.2, 0.25) is 0 Å². The summed E-state index contributed by atoms with van der Waals surface area (Å²) in [6.07, 6.45) is 4.79. The number of aromatic nitrogens is 3. The van der Waals surface area contributed by atoms with Crippen molar-refractivity contribution in [3.05, 3.63) is 33.5 Å². The lowest BCUT2D eigenvalue weighted by Crippen LogP contribution is -2.15. The first kappa shape index (κ1) is 11.9. The highest BCUT2D eigenvalue weighted by Gasteiger charge is 2.20. The van der Waals surface area contributed by atoms with Crippen LogP contribution in [0.5, 0.6) is 0 Å². The number of hydrogen-bond donors (Lipinski definition) is 1. The summed E-state index contributed by atoms with van der Waals surface area (Å²) in [6, 6.07) is 0.744. The SMILES string of the molecule is Cc1nc(Cn2cc(CNC3CC3)c(C)n2)cs1. The summed E-state index contributed by atoms with van der Waals surface area (Å²) in [5, 5.41) is 11.3. The topological polar surface area (TPSA) is 42.7 Å². The highest BCUT2D eigenvalue weighted by Crippen LogP contribution is 2.20. The van der Waals surface area contributed by atoms with Gasteiger partial charge >= 0.3 is 0 Å². The predicted octanol–water partition coefficient (Wildman–Crippen LogP) is 2.26. The monoisotopic (exact) mass is 262 g/mol. The van der Waals surface area contributed by atoms with E-state index < -0.39 is 0 Å². The van der Waals surface area contributed by atoms with Crippen molar-refractivity contribution in [2.45, 2.75) is 45.8 Å². The summed E-state index contributed by atoms with van der Waals surface area (Å²) in [5.41, 5.74) is 3.52. The molecule has 3 rings (SSSR count). The predicted molar refractivity (Wildman–Crippen MR) is 72.8 cm³/mol. The molecule has 5 heteroatoms. The van der Waals surface area contributed by atoms with Gasteiger partial charge in [0, 0.05) is 29.7 Å². The zero-order valence-electron chi connectivity index (χ0n) is 10.8. The molecule has 4 nitrogen and oxygen atoms in total. The average Bonchev–Trinajstić information content (AvgIpc) is 2.98. The molecule has 18 heavy (non-hydrogen) atoms. The highest BCUT2D eigenvalue weighted by atomic mass is 32.1. The fourth-order valence-electron chi connectivity index (χ4n) is 2.00. The smallest absolute Gasteiger partial charge is 0.0898 e. The normalized spacial score (nSPS) is 15.2. The van der Waals surface area contributed by atoms with Gasteiger partial charge in [0.25, 0.3) is 0 Å². The van der Waals surface area contributed by atoms with Crippen LogP contribution in [-0.2, 0) is 13.1 Å². The van der Waals surface area contributed by atoms with Gasteiger partial charge in [0.05, 0.1) is 22.9 Å². The molecule has 1 N–H and O–H groups in total. The average molecular weight is 262 g/mol. The van der Waals surface area contributed by atoms with Gasteiger partial charge in [-0.2, -0.15) is 5.10 Å². The minimum absolute atomic E-state index is 0.744. The Morgan fingerprint density at radius 1 is 1.44 bits per heavy atom. The first-order valence-corrected chi connectivity index (χ1v) is 7.26. The lowest BCUT2D eigenvalue weighted by molar-refractivity contribution is 0.665. The van der Waals surface area contributed by atoms with Gasteiger partial charge in [-0.05, 0) is 26.7 Å². The second kappa shape index (κ2) is 4.82. The Labute approximate surface area is 111 Å². The molecule has 0 saturated heterocycles. The van der Waals surface area contributed by atoms with E-state index in [1.807, 2.05) is 11.6 Å². The minimum Gasteiger partial charge on any atom is -0.310 e. The van der Waals surface area contributed by atoms with E-state index in [0.717, 1.165) is 35.5 Å². The molecule has 0 aliphatic heterocycles. The van der Waals surface area contributed by atoms with Crippen molar-refractivity contribution in [2.75, 3.05) is 0 Å². The third kappa shape index (κ3) is 2.79. The molecule has 0 spiro atoms. The molecule has 0 amide bonds. The molecule has 1 aliphatic carbocycles. The Bertz CT molecular complexity index is 539. The number of thiazole rings is 1. The zero-order chi connectivity index (χ0) is 12.5. The van der Waals surface area contributed by atoms with Gasteiger partial charge in [-0.3, -0.25) is 4.68 Å². The van der Waals surface area contributed by atoms with E-state index in [4.69, 9.17) is 0 Å². The van der Waals surface area contributed by atoms with E-state index >= 15 is 0 Å². The molecule has 0 unspecified atom stereocenters. The van der Waals surface area contributed by atoms with Crippen molar-refractivity contribution in [1.29, 1.82) is 0 Å². The number of nitrogens with one attached hydrogen (secondary N) is 1. The summed E-state index contributed by atoms with van der Waals surface area (Å²) >= 11 is 1.69. The van der Waals surface area contributed by atoms with Gasteiger partial charge in [-0.1, -0.05) is 0 Å². The molecule has 1 aliphatic rings. The highest BCUT2D eigenvalue weighted by molar-refractivity contribution is 7.09. The Morgan fingerprint density at radius 2 is 2.28 bits per heavy atom. The van der Waals surface area contributed by atoms with Crippen LogP contribution in [0.1, 0.15) is 34.8 Å². The molecule has 2 aromatic rings. The quantitative estimate of drug-likeness (QED) is 0.898. The summed E-state index contributed by atoms with van der Waals surface area (Å²) in [6.45, 7) is 5.82. The largest absolute Gasteiger partial charge is 0.310 e. The fourth-order valence-corrected chi connectivity index (χ4v) is 2.61. The van der Waals surface area contributed by atoms with Gasteiger partial charge in [0.15, 0.2) is 0 Å². The molecule has 0 bridgehead atoms. The van der Waals surface area contributed by atoms with Crippen LogP contribution >= 0.6 is 11.3 Å². The van der Waals surface area contributed by atoms with Crippen molar-refractivity contribution in [1.82, 2.24) is 20.1 Å². The standard InChI is InChI=1S/C13H18N4S/c1-9-11(5-14-12-3-4-12)6-17(16-9)7-13-8-18-10(2)15-13/h6,8,12,14H,3-5,7H2,1-2H3. The van der Waals surface area contributed by atoms with Crippen molar-refractivity contribution in [3.8, 4) is 0 Å². The zero-order valence-corrected chi connectivity index (χ0v) is 11.6. The summed E-state index contributed by atoms with van der Waals surface area (Å²) in [7, 11) is 0. The van der Waals surface area contributed by atoms with Crippen molar-refractivity contribution < 1.29 is 0 Å². The van der Waals surface area contributed by atoms with Crippen LogP contribution in [-0.4, -0.2) is 20.8 Å². The van der Waals surface area contributed by atoms with E-state index in [1.54, 1.807) is 11.3 Å². The molecular formula is C13H18N4S. The maximum absolute atomic E-state index is 4.55. The Hall–Kier alpha value is -1.20. The van der Waals surface area contributed by atoms with E-state index in [1.165, 1.54) is 18.4 Å². The minimum atomic E-state index is 0.744. The number of nitrogens with zero attached hydrogens (tertiary/aromatic N) is 3. The van der Waals surface area contributed by atoms with Crippen molar-refractivity contribution in [3.63, 3.8) is 0 Å². The van der Waals surface area contributed by atoms with Crippen LogP contribution in [0.3, 0.4) is 0 Å². The van der Waals surface area contributed by atoms with Crippen LogP contribution in [0.25, 0.3) is 0 Å². The van der Waals surface area contributed by atoms with Crippen LogP contribution in [0, 0.1) is 13.8 Å². The van der Waals surface area contributed by atoms with E-state index in [2.05, 4.69) is 33.9 Å². The molecule has 1 fully saturated rings. The molecule has 96 valence electrons. The Balaban J connectivity index is 1.66. The van der Waals surface area contributed by atoms with Crippen LogP contribution in [0.4, 0.5) is 0 Å². The van der Waals surface area contributed by atoms with Crippen molar-refractivity contribution >= 4 is 11.3 Å². The number of rotatable bonds is 5. The molecule has 2 heterocycles. The van der Waals surface area contributed by atoms with Gasteiger partial charge in [-0.15, -0.1) is 11.3 Å². The van der Waals surface area contributed by atoms with Gasteiger partial charge < -0.3 is 5.32 Å². The molecular weight excluding hydrogens is 244 g/mol. The Kier molecular flexibility index (Phi) is 3.18. The first-order valence-electron chi connectivity index (χ1n) is 6.38. The van der Waals surface area contributed by atoms with Gasteiger partial charge in [-0.25, -0.2) is 4.98 Å². The van der Waals surface area contributed by atoms with Crippen LogP contribution < -0.4 is 5.32 Å². The summed E-state index contributed by atoms with van der Waals surface area (Å²) in [5.74, 6) is 0. The number of hydrogen-bond acceptors (Lipinski definition) is 4. The maximum Gasteiger partial charge on any atom is 0.0898 e. The van der Waals surface area contributed by atoms with Gasteiger partial charge in [0.2, 0.25) is 0 Å². The van der Waals surface area contributed by atoms with E-state index in [0.29, 0.717) is 0 Å². The molecule has 0 aromatic carbocycles. The second-order valence-electron chi connectivity index (χ2n) is 4.95. The van der Waals surface area contributed by atoms with Crippen LogP contribution in [0.15, 0.2) is 11.6 Å². The molecule has 1 saturated carbocycles. The second-order valence-corrected chi connectivity index (χ2v) is 6.01. The third-order valence-electron chi connectivity index (χ3n) is 3.20. The Morgan fingerprint density at radius 3 is 2.94 bits per heavy atom. The van der Waals surface area contributed by atoms with Gasteiger partial charge in [0.1, 0.15) is 0 Å². The van der Waals surface area contributed by atoms with E-state index in [9.17, 15) is 0 Å². The molecule has 2 aromatic heterocycles. The lowest BCUT2D eigenvalue weighted by Gasteiger charge is -1.99. The van der Waals surface area contributed by atoms with E-state index in [-0.39, 0.29) is 0 Å². The van der Waals surface area contributed by atoms with Crippen molar-refractivity contribution in [2.24, 2.45) is 0 Å². The summed E-state index contributed by atoms with van der Waals surface area (Å²) in [4.78, 5) is 4.47. The summed E-state index contributed by atoms with van der Waals surface area (Å²) < 4.78 is 1.99. The third-order valence-corrected chi connectivity index (χ3v) is 4.02.